The number of hydrogen-bond acceptors (Lipinski definition) is 6. The molecule has 2 aliphatic heterocycles. The SMILES string of the molecule is CC12CCC(C(=O)OCCCCOC(=O)C3CCC4(C)OC4C3)CC1O2. The predicted octanol–water partition coefficient (Wildman–Crippen LogP) is 2.77. The summed E-state index contributed by atoms with van der Waals surface area (Å²) >= 11 is 0. The highest BCUT2D eigenvalue weighted by Gasteiger charge is 2.57. The van der Waals surface area contributed by atoms with E-state index in [1.165, 1.54) is 0 Å². The summed E-state index contributed by atoms with van der Waals surface area (Å²) in [5.74, 6) is -0.242. The maximum atomic E-state index is 12.1. The maximum Gasteiger partial charge on any atom is 0.309 e. The fourth-order valence-corrected chi connectivity index (χ4v) is 4.50. The average molecular weight is 366 g/mol. The number of unbranched alkanes of at least 4 members (excludes halogenated alkanes) is 1. The highest BCUT2D eigenvalue weighted by atomic mass is 16.6. The molecule has 0 amide bonds. The van der Waals surface area contributed by atoms with E-state index >= 15 is 0 Å². The number of carbonyl (C=O) groups excluding carboxylic acids is 2. The number of epoxide rings is 2. The van der Waals surface area contributed by atoms with E-state index in [1.54, 1.807) is 0 Å². The lowest BCUT2D eigenvalue weighted by Gasteiger charge is -2.21. The van der Waals surface area contributed by atoms with Gasteiger partial charge in [-0.1, -0.05) is 0 Å². The van der Waals surface area contributed by atoms with Crippen LogP contribution in [-0.2, 0) is 28.5 Å². The van der Waals surface area contributed by atoms with E-state index in [-0.39, 0.29) is 47.2 Å². The molecule has 6 unspecified atom stereocenters. The van der Waals surface area contributed by atoms with Crippen molar-refractivity contribution >= 4 is 11.9 Å². The number of rotatable bonds is 7. The zero-order valence-electron chi connectivity index (χ0n) is 15.8. The Morgan fingerprint density at radius 1 is 0.846 bits per heavy atom. The molecular formula is C20H30O6. The molecule has 0 aromatic heterocycles. The molecule has 0 aromatic rings. The Bertz CT molecular complexity index is 527. The second-order valence-corrected chi connectivity index (χ2v) is 8.82. The molecule has 4 fully saturated rings. The summed E-state index contributed by atoms with van der Waals surface area (Å²) in [4.78, 5) is 24.2. The molecule has 2 saturated carbocycles. The van der Waals surface area contributed by atoms with Gasteiger partial charge in [0.05, 0.1) is 48.5 Å². The highest BCUT2D eigenvalue weighted by molar-refractivity contribution is 5.73. The van der Waals surface area contributed by atoms with Crippen LogP contribution in [0.5, 0.6) is 0 Å². The van der Waals surface area contributed by atoms with Crippen molar-refractivity contribution in [3.05, 3.63) is 0 Å². The average Bonchev–Trinajstić information content (AvgIpc) is 3.48. The molecule has 2 aliphatic carbocycles. The summed E-state index contributed by atoms with van der Waals surface area (Å²) in [6, 6.07) is 0. The molecule has 2 saturated heterocycles. The topological polar surface area (TPSA) is 77.7 Å². The summed E-state index contributed by atoms with van der Waals surface area (Å²) < 4.78 is 22.0. The number of hydrogen-bond donors (Lipinski definition) is 0. The van der Waals surface area contributed by atoms with E-state index in [2.05, 4.69) is 13.8 Å². The molecule has 0 bridgehead atoms. The van der Waals surface area contributed by atoms with Gasteiger partial charge < -0.3 is 18.9 Å². The van der Waals surface area contributed by atoms with Crippen LogP contribution in [-0.4, -0.2) is 48.6 Å². The number of ether oxygens (including phenoxy) is 4. The number of fused-ring (bicyclic) bond motifs is 2. The molecule has 0 spiro atoms. The maximum absolute atomic E-state index is 12.1. The lowest BCUT2D eigenvalue weighted by molar-refractivity contribution is -0.152. The first-order valence-corrected chi connectivity index (χ1v) is 10.1. The third kappa shape index (κ3) is 3.77. The third-order valence-electron chi connectivity index (χ3n) is 6.74. The molecule has 0 radical (unpaired) electrons. The Kier molecular flexibility index (Phi) is 4.76. The minimum absolute atomic E-state index is 0.0185. The van der Waals surface area contributed by atoms with Gasteiger partial charge in [0.25, 0.3) is 0 Å². The fourth-order valence-electron chi connectivity index (χ4n) is 4.50. The van der Waals surface area contributed by atoms with Crippen LogP contribution in [0.1, 0.15) is 65.2 Å². The molecule has 0 aromatic carbocycles. The van der Waals surface area contributed by atoms with Gasteiger partial charge >= 0.3 is 11.9 Å². The largest absolute Gasteiger partial charge is 0.465 e. The lowest BCUT2D eigenvalue weighted by Crippen LogP contribution is -2.28. The van der Waals surface area contributed by atoms with E-state index in [1.807, 2.05) is 0 Å². The monoisotopic (exact) mass is 366 g/mol. The van der Waals surface area contributed by atoms with Gasteiger partial charge in [-0.25, -0.2) is 0 Å². The van der Waals surface area contributed by atoms with Crippen LogP contribution in [0.4, 0.5) is 0 Å². The van der Waals surface area contributed by atoms with Crippen LogP contribution in [0.3, 0.4) is 0 Å². The Labute approximate surface area is 154 Å². The van der Waals surface area contributed by atoms with Crippen molar-refractivity contribution in [3.63, 3.8) is 0 Å². The third-order valence-corrected chi connectivity index (χ3v) is 6.74. The summed E-state index contributed by atoms with van der Waals surface area (Å²) in [5, 5.41) is 0. The van der Waals surface area contributed by atoms with Crippen LogP contribution in [0.15, 0.2) is 0 Å². The molecule has 0 N–H and O–H groups in total. The highest BCUT2D eigenvalue weighted by Crippen LogP contribution is 2.50. The van der Waals surface area contributed by atoms with Crippen molar-refractivity contribution < 1.29 is 28.5 Å². The van der Waals surface area contributed by atoms with E-state index < -0.39 is 0 Å². The Hall–Kier alpha value is -1.14. The van der Waals surface area contributed by atoms with Crippen molar-refractivity contribution in [1.29, 1.82) is 0 Å². The summed E-state index contributed by atoms with van der Waals surface area (Å²) in [5.41, 5.74) is 0.0620. The van der Waals surface area contributed by atoms with Crippen LogP contribution in [0.25, 0.3) is 0 Å². The molecule has 4 rings (SSSR count). The van der Waals surface area contributed by atoms with Crippen molar-refractivity contribution in [2.24, 2.45) is 11.8 Å². The predicted molar refractivity (Wildman–Crippen MR) is 92.4 cm³/mol. The van der Waals surface area contributed by atoms with Crippen LogP contribution < -0.4 is 0 Å². The summed E-state index contributed by atoms with van der Waals surface area (Å²) in [6.07, 6.45) is 7.10. The number of esters is 2. The van der Waals surface area contributed by atoms with Crippen molar-refractivity contribution in [2.45, 2.75) is 88.6 Å². The zero-order chi connectivity index (χ0) is 18.4. The summed E-state index contributed by atoms with van der Waals surface area (Å²) in [6.45, 7) is 5.02. The summed E-state index contributed by atoms with van der Waals surface area (Å²) in [7, 11) is 0. The van der Waals surface area contributed by atoms with Gasteiger partial charge in [-0.3, -0.25) is 9.59 Å². The van der Waals surface area contributed by atoms with Gasteiger partial charge in [-0.15, -0.1) is 0 Å². The molecule has 2 heterocycles. The van der Waals surface area contributed by atoms with Gasteiger partial charge in [0, 0.05) is 0 Å². The molecule has 26 heavy (non-hydrogen) atoms. The molecular weight excluding hydrogens is 336 g/mol. The smallest absolute Gasteiger partial charge is 0.309 e. The Morgan fingerprint density at radius 2 is 1.27 bits per heavy atom. The Balaban J connectivity index is 1.04. The molecule has 6 atom stereocenters. The second kappa shape index (κ2) is 6.79. The lowest BCUT2D eigenvalue weighted by atomic mass is 9.83. The zero-order valence-corrected chi connectivity index (χ0v) is 15.8. The van der Waals surface area contributed by atoms with Gasteiger partial charge in [0.1, 0.15) is 0 Å². The number of carbonyl (C=O) groups is 2. The van der Waals surface area contributed by atoms with Crippen LogP contribution in [0, 0.1) is 11.8 Å². The minimum atomic E-state index is -0.103. The van der Waals surface area contributed by atoms with Crippen molar-refractivity contribution in [3.8, 4) is 0 Å². The molecule has 6 nitrogen and oxygen atoms in total. The first-order valence-electron chi connectivity index (χ1n) is 10.1. The quantitative estimate of drug-likeness (QED) is 0.392. The molecule has 6 heteroatoms. The van der Waals surface area contributed by atoms with Gasteiger partial charge in [0.2, 0.25) is 0 Å². The van der Waals surface area contributed by atoms with E-state index in [4.69, 9.17) is 18.9 Å². The van der Waals surface area contributed by atoms with Crippen molar-refractivity contribution in [1.82, 2.24) is 0 Å². The first kappa shape index (κ1) is 18.2. The standard InChI is InChI=1S/C20H30O6/c1-19-7-5-13(11-15(19)25-19)17(21)23-9-3-4-10-24-18(22)14-6-8-20(2)16(12-14)26-20/h13-16H,3-12H2,1-2H3. The van der Waals surface area contributed by atoms with Crippen LogP contribution in [0.2, 0.25) is 0 Å². The molecule has 146 valence electrons. The van der Waals surface area contributed by atoms with Crippen molar-refractivity contribution in [2.75, 3.05) is 13.2 Å². The van der Waals surface area contributed by atoms with E-state index in [0.29, 0.717) is 13.2 Å². The van der Waals surface area contributed by atoms with Gasteiger partial charge in [0.15, 0.2) is 0 Å². The van der Waals surface area contributed by atoms with E-state index in [9.17, 15) is 9.59 Å². The second-order valence-electron chi connectivity index (χ2n) is 8.82. The van der Waals surface area contributed by atoms with Crippen LogP contribution >= 0.6 is 0 Å². The normalized spacial score (nSPS) is 43.0. The van der Waals surface area contributed by atoms with E-state index in [0.717, 1.165) is 51.4 Å². The van der Waals surface area contributed by atoms with Gasteiger partial charge in [-0.2, -0.15) is 0 Å². The fraction of sp³-hybridized carbons (Fsp3) is 0.900. The molecule has 4 aliphatic rings. The first-order chi connectivity index (χ1) is 12.4. The minimum Gasteiger partial charge on any atom is -0.465 e. The Morgan fingerprint density at radius 3 is 1.65 bits per heavy atom. The van der Waals surface area contributed by atoms with Gasteiger partial charge in [-0.05, 0) is 65.2 Å².